The van der Waals surface area contributed by atoms with Crippen LogP contribution in [0.5, 0.6) is 0 Å². The molecule has 1 aromatic carbocycles. The van der Waals surface area contributed by atoms with Crippen LogP contribution in [0.25, 0.3) is 5.69 Å². The second kappa shape index (κ2) is 9.69. The molecular weight excluding hydrogens is 394 g/mol. The minimum atomic E-state index is -0.694. The molecule has 31 heavy (non-hydrogen) atoms. The Bertz CT molecular complexity index is 1090. The largest absolute Gasteiger partial charge is 0.365 e. The van der Waals surface area contributed by atoms with Crippen LogP contribution in [0.15, 0.2) is 42.7 Å². The van der Waals surface area contributed by atoms with Crippen molar-refractivity contribution in [2.45, 2.75) is 26.3 Å². The Hall–Kier alpha value is -3.97. The van der Waals surface area contributed by atoms with Crippen LogP contribution in [0.1, 0.15) is 36.2 Å². The van der Waals surface area contributed by atoms with Gasteiger partial charge in [-0.1, -0.05) is 19.9 Å². The smallest absolute Gasteiger partial charge is 0.252 e. The summed E-state index contributed by atoms with van der Waals surface area (Å²) in [5.74, 6) is 0.295. The number of pyridine rings is 1. The quantitative estimate of drug-likeness (QED) is 0.410. The lowest BCUT2D eigenvalue weighted by molar-refractivity contribution is 0.100. The van der Waals surface area contributed by atoms with Crippen molar-refractivity contribution >= 4 is 23.2 Å². The lowest BCUT2D eigenvalue weighted by Crippen LogP contribution is -2.31. The van der Waals surface area contributed by atoms with Crippen LogP contribution in [0, 0.1) is 17.2 Å². The molecule has 3 aromatic rings. The van der Waals surface area contributed by atoms with Crippen molar-refractivity contribution in [1.29, 1.82) is 5.26 Å². The average molecular weight is 419 g/mol. The van der Waals surface area contributed by atoms with E-state index in [1.54, 1.807) is 18.5 Å². The SMILES string of the molecule is CC(C)CC(CN)Nc1nc(Nc2cccc(-n3nccn3)c2)c(C(N)=O)cc1C#N. The summed E-state index contributed by atoms with van der Waals surface area (Å²) >= 11 is 0. The molecule has 2 heterocycles. The number of nitrogens with zero attached hydrogens (tertiary/aromatic N) is 5. The van der Waals surface area contributed by atoms with Crippen molar-refractivity contribution < 1.29 is 4.79 Å². The molecule has 0 spiro atoms. The van der Waals surface area contributed by atoms with Gasteiger partial charge in [0.25, 0.3) is 5.91 Å². The fourth-order valence-corrected chi connectivity index (χ4v) is 3.16. The zero-order chi connectivity index (χ0) is 22.4. The van der Waals surface area contributed by atoms with Crippen molar-refractivity contribution in [1.82, 2.24) is 20.0 Å². The fourth-order valence-electron chi connectivity index (χ4n) is 3.16. The van der Waals surface area contributed by atoms with E-state index in [4.69, 9.17) is 11.5 Å². The van der Waals surface area contributed by atoms with Gasteiger partial charge in [0.05, 0.1) is 29.2 Å². The molecule has 0 radical (unpaired) electrons. The number of anilines is 3. The van der Waals surface area contributed by atoms with Crippen LogP contribution in [-0.2, 0) is 0 Å². The lowest BCUT2D eigenvalue weighted by atomic mass is 10.0. The van der Waals surface area contributed by atoms with Crippen LogP contribution in [0.2, 0.25) is 0 Å². The van der Waals surface area contributed by atoms with E-state index in [9.17, 15) is 10.1 Å². The first kappa shape index (κ1) is 21.7. The minimum absolute atomic E-state index is 0.0684. The highest BCUT2D eigenvalue weighted by Crippen LogP contribution is 2.26. The highest BCUT2D eigenvalue weighted by Gasteiger charge is 2.19. The Balaban J connectivity index is 1.98. The zero-order valence-electron chi connectivity index (χ0n) is 17.4. The summed E-state index contributed by atoms with van der Waals surface area (Å²) < 4.78 is 0. The maximum absolute atomic E-state index is 12.0. The van der Waals surface area contributed by atoms with Crippen molar-refractivity contribution in [2.24, 2.45) is 17.4 Å². The van der Waals surface area contributed by atoms with Crippen LogP contribution in [0.3, 0.4) is 0 Å². The number of rotatable bonds is 9. The number of nitrogens with one attached hydrogen (secondary N) is 2. The Morgan fingerprint density at radius 1 is 1.23 bits per heavy atom. The third kappa shape index (κ3) is 5.34. The van der Waals surface area contributed by atoms with Gasteiger partial charge in [-0.25, -0.2) is 4.98 Å². The normalized spacial score (nSPS) is 11.7. The van der Waals surface area contributed by atoms with E-state index in [0.29, 0.717) is 24.0 Å². The van der Waals surface area contributed by atoms with E-state index in [1.165, 1.54) is 10.9 Å². The van der Waals surface area contributed by atoms with Crippen molar-refractivity contribution in [3.05, 3.63) is 53.9 Å². The molecule has 3 rings (SSSR count). The highest BCUT2D eigenvalue weighted by molar-refractivity contribution is 5.99. The number of primary amides is 1. The molecule has 1 unspecified atom stereocenters. The van der Waals surface area contributed by atoms with Crippen LogP contribution >= 0.6 is 0 Å². The van der Waals surface area contributed by atoms with Crippen LogP contribution in [-0.4, -0.2) is 38.5 Å². The molecule has 1 amide bonds. The van der Waals surface area contributed by atoms with Crippen LogP contribution < -0.4 is 22.1 Å². The van der Waals surface area contributed by atoms with E-state index in [0.717, 1.165) is 12.1 Å². The number of hydrogen-bond donors (Lipinski definition) is 4. The Morgan fingerprint density at radius 2 is 1.97 bits per heavy atom. The molecule has 0 aliphatic heterocycles. The van der Waals surface area contributed by atoms with Gasteiger partial charge < -0.3 is 22.1 Å². The molecule has 0 aliphatic rings. The summed E-state index contributed by atoms with van der Waals surface area (Å²) in [4.78, 5) is 18.0. The molecule has 6 N–H and O–H groups in total. The van der Waals surface area contributed by atoms with Crippen molar-refractivity contribution in [3.8, 4) is 11.8 Å². The van der Waals surface area contributed by atoms with Crippen molar-refractivity contribution in [2.75, 3.05) is 17.2 Å². The second-order valence-electron chi connectivity index (χ2n) is 7.46. The number of nitrogens with two attached hydrogens (primary N) is 2. The van der Waals surface area contributed by atoms with Crippen LogP contribution in [0.4, 0.5) is 17.3 Å². The number of nitriles is 1. The molecule has 10 heteroatoms. The Morgan fingerprint density at radius 3 is 2.58 bits per heavy atom. The van der Waals surface area contributed by atoms with Gasteiger partial charge in [-0.3, -0.25) is 4.79 Å². The molecule has 0 aliphatic carbocycles. The maximum atomic E-state index is 12.0. The van der Waals surface area contributed by atoms with E-state index >= 15 is 0 Å². The van der Waals surface area contributed by atoms with Gasteiger partial charge in [-0.2, -0.15) is 20.3 Å². The Labute approximate surface area is 180 Å². The van der Waals surface area contributed by atoms with E-state index in [1.807, 2.05) is 18.2 Å². The molecule has 0 saturated carbocycles. The van der Waals surface area contributed by atoms with Gasteiger partial charge in [0.15, 0.2) is 0 Å². The monoisotopic (exact) mass is 419 g/mol. The van der Waals surface area contributed by atoms with Gasteiger partial charge in [0, 0.05) is 18.3 Å². The van der Waals surface area contributed by atoms with Gasteiger partial charge in [-0.15, -0.1) is 0 Å². The van der Waals surface area contributed by atoms with Gasteiger partial charge in [0.2, 0.25) is 0 Å². The maximum Gasteiger partial charge on any atom is 0.252 e. The third-order valence-corrected chi connectivity index (χ3v) is 4.55. The predicted octanol–water partition coefficient (Wildman–Crippen LogP) is 2.16. The van der Waals surface area contributed by atoms with Gasteiger partial charge in [0.1, 0.15) is 17.7 Å². The number of aromatic nitrogens is 4. The van der Waals surface area contributed by atoms with E-state index in [-0.39, 0.29) is 23.0 Å². The standard InChI is InChI=1S/C21H25N9O/c1-13(2)8-16(12-23)28-20-14(11-22)9-18(19(24)31)21(29-20)27-15-4-3-5-17(10-15)30-25-6-7-26-30/h3-7,9-10,13,16H,8,12,23H2,1-2H3,(H2,24,31)(H2,27,28,29). The number of benzene rings is 1. The predicted molar refractivity (Wildman–Crippen MR) is 118 cm³/mol. The van der Waals surface area contributed by atoms with E-state index in [2.05, 4.69) is 45.7 Å². The fraction of sp³-hybridized carbons (Fsp3) is 0.286. The summed E-state index contributed by atoms with van der Waals surface area (Å²) in [7, 11) is 0. The number of hydrogen-bond acceptors (Lipinski definition) is 8. The molecule has 2 aromatic heterocycles. The summed E-state index contributed by atoms with van der Waals surface area (Å²) in [6.07, 6.45) is 3.97. The first-order valence-electron chi connectivity index (χ1n) is 9.86. The number of carbonyl (C=O) groups is 1. The summed E-state index contributed by atoms with van der Waals surface area (Å²) in [5.41, 5.74) is 13.1. The molecule has 1 atom stereocenters. The molecular formula is C21H25N9O. The summed E-state index contributed by atoms with van der Waals surface area (Å²) in [6.45, 7) is 4.56. The summed E-state index contributed by atoms with van der Waals surface area (Å²) in [5, 5.41) is 24.1. The van der Waals surface area contributed by atoms with Gasteiger partial charge in [-0.05, 0) is 36.6 Å². The average Bonchev–Trinajstić information content (AvgIpc) is 3.28. The molecule has 0 saturated heterocycles. The number of carbonyl (C=O) groups excluding carboxylic acids is 1. The lowest BCUT2D eigenvalue weighted by Gasteiger charge is -2.21. The molecule has 0 bridgehead atoms. The molecule has 10 nitrogen and oxygen atoms in total. The number of amides is 1. The second-order valence-corrected chi connectivity index (χ2v) is 7.46. The van der Waals surface area contributed by atoms with E-state index < -0.39 is 5.91 Å². The topological polar surface area (TPSA) is 161 Å². The Kier molecular flexibility index (Phi) is 6.79. The first-order chi connectivity index (χ1) is 14.9. The zero-order valence-corrected chi connectivity index (χ0v) is 17.4. The van der Waals surface area contributed by atoms with Gasteiger partial charge >= 0.3 is 0 Å². The van der Waals surface area contributed by atoms with Crippen molar-refractivity contribution in [3.63, 3.8) is 0 Å². The third-order valence-electron chi connectivity index (χ3n) is 4.55. The summed E-state index contributed by atoms with van der Waals surface area (Å²) in [6, 6.07) is 10.7. The first-order valence-corrected chi connectivity index (χ1v) is 9.86. The highest BCUT2D eigenvalue weighted by atomic mass is 16.1. The molecule has 160 valence electrons. The minimum Gasteiger partial charge on any atom is -0.365 e. The molecule has 0 fully saturated rings.